The molecule has 3 rings (SSSR count). The van der Waals surface area contributed by atoms with Crippen molar-refractivity contribution in [3.05, 3.63) is 29.8 Å². The molecule has 130 valence electrons. The van der Waals surface area contributed by atoms with E-state index in [0.717, 1.165) is 12.4 Å². The molecule has 0 unspecified atom stereocenters. The van der Waals surface area contributed by atoms with Crippen molar-refractivity contribution < 1.29 is 24.2 Å². The van der Waals surface area contributed by atoms with E-state index in [1.54, 1.807) is 24.3 Å². The van der Waals surface area contributed by atoms with Crippen molar-refractivity contribution in [2.45, 2.75) is 37.6 Å². The van der Waals surface area contributed by atoms with E-state index in [1.165, 1.54) is 12.8 Å². The lowest BCUT2D eigenvalue weighted by Crippen LogP contribution is -2.53. The Labute approximate surface area is 141 Å². The zero-order chi connectivity index (χ0) is 17.0. The maximum Gasteiger partial charge on any atom is 0.305 e. The van der Waals surface area contributed by atoms with Crippen LogP contribution in [0.5, 0.6) is 5.75 Å². The molecular weight excluding hydrogens is 310 g/mol. The van der Waals surface area contributed by atoms with Gasteiger partial charge >= 0.3 is 5.97 Å². The van der Waals surface area contributed by atoms with Gasteiger partial charge < -0.3 is 19.9 Å². The number of aliphatic carboxylic acids is 1. The predicted molar refractivity (Wildman–Crippen MR) is 87.2 cm³/mol. The number of benzene rings is 1. The molecule has 1 saturated heterocycles. The predicted octanol–water partition coefficient (Wildman–Crippen LogP) is 2.23. The molecule has 6 nitrogen and oxygen atoms in total. The Morgan fingerprint density at radius 2 is 1.88 bits per heavy atom. The second-order valence-corrected chi connectivity index (χ2v) is 6.70. The number of carbonyl (C=O) groups is 2. The van der Waals surface area contributed by atoms with Crippen LogP contribution in [-0.4, -0.2) is 42.3 Å². The van der Waals surface area contributed by atoms with Gasteiger partial charge in [0.2, 0.25) is 0 Å². The average molecular weight is 333 g/mol. The van der Waals surface area contributed by atoms with Crippen molar-refractivity contribution in [3.63, 3.8) is 0 Å². The fourth-order valence-electron chi connectivity index (χ4n) is 2.91. The van der Waals surface area contributed by atoms with E-state index in [-0.39, 0.29) is 12.3 Å². The molecule has 0 bridgehead atoms. The van der Waals surface area contributed by atoms with Crippen molar-refractivity contribution in [2.75, 3.05) is 19.8 Å². The number of nitrogens with one attached hydrogen (secondary N) is 1. The first-order chi connectivity index (χ1) is 11.6. The largest absolute Gasteiger partial charge is 0.493 e. The number of carboxylic acid groups (broad SMARTS) is 1. The van der Waals surface area contributed by atoms with Crippen molar-refractivity contribution in [3.8, 4) is 5.75 Å². The molecule has 0 radical (unpaired) electrons. The molecule has 2 fully saturated rings. The summed E-state index contributed by atoms with van der Waals surface area (Å²) < 4.78 is 11.0. The van der Waals surface area contributed by atoms with Gasteiger partial charge in [-0.15, -0.1) is 0 Å². The normalized spacial score (nSPS) is 19.5. The van der Waals surface area contributed by atoms with E-state index in [4.69, 9.17) is 14.6 Å². The third-order valence-corrected chi connectivity index (χ3v) is 4.62. The topological polar surface area (TPSA) is 84.9 Å². The number of carboxylic acids is 1. The minimum absolute atomic E-state index is 0.0926. The second kappa shape index (κ2) is 7.21. The summed E-state index contributed by atoms with van der Waals surface area (Å²) in [5.74, 6) is 0.259. The van der Waals surface area contributed by atoms with Crippen LogP contribution < -0.4 is 10.1 Å². The Morgan fingerprint density at radius 3 is 2.46 bits per heavy atom. The molecule has 0 aromatic heterocycles. The van der Waals surface area contributed by atoms with E-state index in [2.05, 4.69) is 5.32 Å². The third-order valence-electron chi connectivity index (χ3n) is 4.62. The second-order valence-electron chi connectivity index (χ2n) is 6.70. The molecule has 2 N–H and O–H groups in total. The van der Waals surface area contributed by atoms with Gasteiger partial charge in [-0.2, -0.15) is 0 Å². The van der Waals surface area contributed by atoms with Crippen LogP contribution in [0, 0.1) is 5.92 Å². The summed E-state index contributed by atoms with van der Waals surface area (Å²) in [7, 11) is 0. The molecule has 1 aliphatic heterocycles. The van der Waals surface area contributed by atoms with Crippen LogP contribution in [0.25, 0.3) is 0 Å². The summed E-state index contributed by atoms with van der Waals surface area (Å²) in [5, 5.41) is 12.1. The first kappa shape index (κ1) is 16.8. The van der Waals surface area contributed by atoms with Gasteiger partial charge in [0, 0.05) is 18.8 Å². The summed E-state index contributed by atoms with van der Waals surface area (Å²) >= 11 is 0. The fraction of sp³-hybridized carbons (Fsp3) is 0.556. The van der Waals surface area contributed by atoms with Gasteiger partial charge in [-0.1, -0.05) is 0 Å². The molecule has 0 atom stereocenters. The van der Waals surface area contributed by atoms with Gasteiger partial charge in [0.25, 0.3) is 5.91 Å². The number of ether oxygens (including phenoxy) is 2. The zero-order valence-corrected chi connectivity index (χ0v) is 13.6. The highest BCUT2D eigenvalue weighted by molar-refractivity contribution is 5.95. The van der Waals surface area contributed by atoms with E-state index in [9.17, 15) is 9.59 Å². The highest BCUT2D eigenvalue weighted by Gasteiger charge is 2.36. The maximum absolute atomic E-state index is 12.5. The Morgan fingerprint density at radius 1 is 1.21 bits per heavy atom. The molecule has 1 aromatic rings. The summed E-state index contributed by atoms with van der Waals surface area (Å²) in [6.07, 6.45) is 3.39. The quantitative estimate of drug-likeness (QED) is 0.799. The van der Waals surface area contributed by atoms with Crippen molar-refractivity contribution in [2.24, 2.45) is 5.92 Å². The minimum Gasteiger partial charge on any atom is -0.493 e. The van der Waals surface area contributed by atoms with Crippen molar-refractivity contribution >= 4 is 11.9 Å². The summed E-state index contributed by atoms with van der Waals surface area (Å²) in [5.41, 5.74) is -0.229. The molecule has 1 saturated carbocycles. The summed E-state index contributed by atoms with van der Waals surface area (Å²) in [6.45, 7) is 1.65. The van der Waals surface area contributed by atoms with E-state index in [0.29, 0.717) is 37.5 Å². The van der Waals surface area contributed by atoms with Crippen LogP contribution in [0.2, 0.25) is 0 Å². The van der Waals surface area contributed by atoms with E-state index < -0.39 is 11.5 Å². The molecule has 24 heavy (non-hydrogen) atoms. The van der Waals surface area contributed by atoms with Crippen LogP contribution in [-0.2, 0) is 9.53 Å². The molecule has 6 heteroatoms. The van der Waals surface area contributed by atoms with Gasteiger partial charge in [0.05, 0.1) is 18.6 Å². The highest BCUT2D eigenvalue weighted by atomic mass is 16.5. The van der Waals surface area contributed by atoms with Gasteiger partial charge in [-0.25, -0.2) is 0 Å². The minimum atomic E-state index is -0.916. The SMILES string of the molecule is O=C(O)CC1(NC(=O)c2ccc(OCC3CC3)cc2)CCOCC1. The average Bonchev–Trinajstić information content (AvgIpc) is 3.37. The van der Waals surface area contributed by atoms with Gasteiger partial charge in [-0.05, 0) is 55.9 Å². The van der Waals surface area contributed by atoms with Crippen LogP contribution in [0.1, 0.15) is 42.5 Å². The lowest BCUT2D eigenvalue weighted by Gasteiger charge is -2.36. The Hall–Kier alpha value is -2.08. The van der Waals surface area contributed by atoms with Crippen LogP contribution >= 0.6 is 0 Å². The number of hydrogen-bond acceptors (Lipinski definition) is 4. The monoisotopic (exact) mass is 333 g/mol. The maximum atomic E-state index is 12.5. The molecule has 0 spiro atoms. The summed E-state index contributed by atoms with van der Waals surface area (Å²) in [6, 6.07) is 6.99. The molecule has 1 heterocycles. The molecule has 1 aliphatic carbocycles. The first-order valence-corrected chi connectivity index (χ1v) is 8.41. The smallest absolute Gasteiger partial charge is 0.305 e. The zero-order valence-electron chi connectivity index (χ0n) is 13.6. The lowest BCUT2D eigenvalue weighted by molar-refractivity contribution is -0.139. The Kier molecular flexibility index (Phi) is 5.04. The molecule has 2 aliphatic rings. The molecule has 1 amide bonds. The molecular formula is C18H23NO5. The first-order valence-electron chi connectivity index (χ1n) is 8.41. The van der Waals surface area contributed by atoms with Gasteiger partial charge in [-0.3, -0.25) is 9.59 Å². The van der Waals surface area contributed by atoms with Crippen LogP contribution in [0.15, 0.2) is 24.3 Å². The van der Waals surface area contributed by atoms with E-state index in [1.807, 2.05) is 0 Å². The molecule has 1 aromatic carbocycles. The van der Waals surface area contributed by atoms with Gasteiger partial charge in [0.15, 0.2) is 0 Å². The fourth-order valence-corrected chi connectivity index (χ4v) is 2.91. The van der Waals surface area contributed by atoms with Crippen LogP contribution in [0.3, 0.4) is 0 Å². The Bertz CT molecular complexity index is 588. The number of hydrogen-bond donors (Lipinski definition) is 2. The van der Waals surface area contributed by atoms with Crippen molar-refractivity contribution in [1.82, 2.24) is 5.32 Å². The summed E-state index contributed by atoms with van der Waals surface area (Å²) in [4.78, 5) is 23.7. The van der Waals surface area contributed by atoms with Gasteiger partial charge in [0.1, 0.15) is 5.75 Å². The standard InChI is InChI=1S/C18H23NO5/c20-16(21)11-18(7-9-23-10-8-18)19-17(22)14-3-5-15(6-4-14)24-12-13-1-2-13/h3-6,13H,1-2,7-12H2,(H,19,22)(H,20,21). The lowest BCUT2D eigenvalue weighted by atomic mass is 9.86. The third kappa shape index (κ3) is 4.47. The van der Waals surface area contributed by atoms with E-state index >= 15 is 0 Å². The van der Waals surface area contributed by atoms with Crippen molar-refractivity contribution in [1.29, 1.82) is 0 Å². The Balaban J connectivity index is 1.62. The number of amides is 1. The number of carbonyl (C=O) groups excluding carboxylic acids is 1. The highest BCUT2D eigenvalue weighted by Crippen LogP contribution is 2.29. The van der Waals surface area contributed by atoms with Crippen LogP contribution in [0.4, 0.5) is 0 Å². The number of rotatable bonds is 7.